The Balaban J connectivity index is 1.55. The van der Waals surface area contributed by atoms with Crippen LogP contribution in [0, 0.1) is 12.8 Å². The van der Waals surface area contributed by atoms with Gasteiger partial charge in [0, 0.05) is 23.4 Å². The smallest absolute Gasteiger partial charge is 0.257 e. The van der Waals surface area contributed by atoms with Crippen LogP contribution in [0.1, 0.15) is 34.5 Å². The maximum Gasteiger partial charge on any atom is 0.257 e. The van der Waals surface area contributed by atoms with Gasteiger partial charge in [-0.3, -0.25) is 14.9 Å². The lowest BCUT2D eigenvalue weighted by Crippen LogP contribution is -2.24. The number of aromatic nitrogens is 1. The van der Waals surface area contributed by atoms with E-state index >= 15 is 0 Å². The third-order valence-electron chi connectivity index (χ3n) is 3.47. The highest BCUT2D eigenvalue weighted by Crippen LogP contribution is 2.28. The quantitative estimate of drug-likeness (QED) is 0.891. The molecule has 0 bridgehead atoms. The highest BCUT2D eigenvalue weighted by atomic mass is 32.1. The number of amides is 2. The molecule has 1 aliphatic carbocycles. The monoisotopic (exact) mass is 315 g/mol. The van der Waals surface area contributed by atoms with Crippen molar-refractivity contribution in [3.8, 4) is 0 Å². The summed E-state index contributed by atoms with van der Waals surface area (Å²) >= 11 is 1.41. The number of nitrogens with one attached hydrogen (secondary N) is 2. The second kappa shape index (κ2) is 6.27. The van der Waals surface area contributed by atoms with Crippen LogP contribution in [-0.2, 0) is 11.3 Å². The number of nitrogens with zero attached hydrogens (tertiary/aromatic N) is 1. The van der Waals surface area contributed by atoms with E-state index in [1.165, 1.54) is 11.3 Å². The van der Waals surface area contributed by atoms with Crippen LogP contribution < -0.4 is 10.6 Å². The van der Waals surface area contributed by atoms with E-state index in [-0.39, 0.29) is 17.7 Å². The Morgan fingerprint density at radius 3 is 2.59 bits per heavy atom. The van der Waals surface area contributed by atoms with E-state index in [4.69, 9.17) is 0 Å². The summed E-state index contributed by atoms with van der Waals surface area (Å²) in [5.41, 5.74) is 2.45. The number of hydrogen-bond donors (Lipinski definition) is 2. The first-order valence-electron chi connectivity index (χ1n) is 7.22. The maximum absolute atomic E-state index is 12.1. The molecule has 1 fully saturated rings. The molecule has 2 aromatic rings. The van der Waals surface area contributed by atoms with E-state index in [0.717, 1.165) is 24.1 Å². The summed E-state index contributed by atoms with van der Waals surface area (Å²) < 4.78 is 0. The number of anilines is 1. The topological polar surface area (TPSA) is 71.1 Å². The van der Waals surface area contributed by atoms with Crippen molar-refractivity contribution in [1.82, 2.24) is 10.3 Å². The zero-order valence-corrected chi connectivity index (χ0v) is 13.1. The molecule has 22 heavy (non-hydrogen) atoms. The van der Waals surface area contributed by atoms with Crippen molar-refractivity contribution < 1.29 is 9.59 Å². The highest BCUT2D eigenvalue weighted by molar-refractivity contribution is 7.13. The van der Waals surface area contributed by atoms with Gasteiger partial charge in [-0.25, -0.2) is 4.98 Å². The van der Waals surface area contributed by atoms with Crippen molar-refractivity contribution in [2.24, 2.45) is 5.92 Å². The van der Waals surface area contributed by atoms with Crippen LogP contribution in [-0.4, -0.2) is 16.8 Å². The SMILES string of the molecule is Cc1csc(NC(=O)c2ccc(CNC(=O)C3CC3)cc2)n1. The molecule has 0 unspecified atom stereocenters. The summed E-state index contributed by atoms with van der Waals surface area (Å²) in [6, 6.07) is 7.23. The summed E-state index contributed by atoms with van der Waals surface area (Å²) in [6.07, 6.45) is 2.00. The van der Waals surface area contributed by atoms with E-state index in [9.17, 15) is 9.59 Å². The zero-order valence-electron chi connectivity index (χ0n) is 12.3. The molecule has 114 valence electrons. The standard InChI is InChI=1S/C16H17N3O2S/c1-10-9-22-16(18-10)19-15(21)13-4-2-11(3-5-13)8-17-14(20)12-6-7-12/h2-5,9,12H,6-8H2,1H3,(H,17,20)(H,18,19,21). The van der Waals surface area contributed by atoms with E-state index < -0.39 is 0 Å². The molecule has 0 radical (unpaired) electrons. The number of benzene rings is 1. The molecule has 0 spiro atoms. The Bertz CT molecular complexity index is 690. The summed E-state index contributed by atoms with van der Waals surface area (Å²) in [5.74, 6) is 0.163. The minimum absolute atomic E-state index is 0.126. The fourth-order valence-electron chi connectivity index (χ4n) is 2.03. The van der Waals surface area contributed by atoms with Crippen LogP contribution in [0.3, 0.4) is 0 Å². The number of rotatable bonds is 5. The van der Waals surface area contributed by atoms with Crippen LogP contribution in [0.5, 0.6) is 0 Å². The first-order chi connectivity index (χ1) is 10.6. The van der Waals surface area contributed by atoms with Crippen molar-refractivity contribution in [3.63, 3.8) is 0 Å². The fourth-order valence-corrected chi connectivity index (χ4v) is 2.72. The lowest BCUT2D eigenvalue weighted by atomic mass is 10.1. The summed E-state index contributed by atoms with van der Waals surface area (Å²) in [7, 11) is 0. The maximum atomic E-state index is 12.1. The molecule has 6 heteroatoms. The Morgan fingerprint density at radius 2 is 2.00 bits per heavy atom. The number of carbonyl (C=O) groups excluding carboxylic acids is 2. The van der Waals surface area contributed by atoms with Gasteiger partial charge in [-0.15, -0.1) is 11.3 Å². The first-order valence-corrected chi connectivity index (χ1v) is 8.10. The van der Waals surface area contributed by atoms with Gasteiger partial charge in [0.1, 0.15) is 0 Å². The summed E-state index contributed by atoms with van der Waals surface area (Å²) in [5, 5.41) is 8.17. The molecule has 1 saturated carbocycles. The number of aryl methyl sites for hydroxylation is 1. The van der Waals surface area contributed by atoms with Gasteiger partial charge in [0.25, 0.3) is 5.91 Å². The molecule has 2 amide bonds. The molecular weight excluding hydrogens is 298 g/mol. The van der Waals surface area contributed by atoms with Crippen molar-refractivity contribution in [2.45, 2.75) is 26.3 Å². The van der Waals surface area contributed by atoms with E-state index in [1.54, 1.807) is 12.1 Å². The summed E-state index contributed by atoms with van der Waals surface area (Å²) in [4.78, 5) is 27.9. The molecule has 0 atom stereocenters. The number of thiazole rings is 1. The lowest BCUT2D eigenvalue weighted by Gasteiger charge is -2.06. The first kappa shape index (κ1) is 14.7. The highest BCUT2D eigenvalue weighted by Gasteiger charge is 2.29. The third kappa shape index (κ3) is 3.71. The fraction of sp³-hybridized carbons (Fsp3) is 0.312. The molecule has 5 nitrogen and oxygen atoms in total. The largest absolute Gasteiger partial charge is 0.352 e. The molecule has 1 heterocycles. The molecular formula is C16H17N3O2S. The van der Waals surface area contributed by atoms with Crippen LogP contribution >= 0.6 is 11.3 Å². The normalized spacial score (nSPS) is 13.7. The molecule has 0 aliphatic heterocycles. The van der Waals surface area contributed by atoms with E-state index in [1.807, 2.05) is 24.4 Å². The van der Waals surface area contributed by atoms with Crippen LogP contribution in [0.25, 0.3) is 0 Å². The Morgan fingerprint density at radius 1 is 1.27 bits per heavy atom. The van der Waals surface area contributed by atoms with Gasteiger partial charge in [0.15, 0.2) is 5.13 Å². The lowest BCUT2D eigenvalue weighted by molar-refractivity contribution is -0.122. The van der Waals surface area contributed by atoms with Gasteiger partial charge < -0.3 is 5.32 Å². The Hall–Kier alpha value is -2.21. The predicted molar refractivity (Wildman–Crippen MR) is 85.8 cm³/mol. The van der Waals surface area contributed by atoms with Gasteiger partial charge in [-0.2, -0.15) is 0 Å². The minimum atomic E-state index is -0.178. The van der Waals surface area contributed by atoms with Crippen LogP contribution in [0.4, 0.5) is 5.13 Å². The Labute approximate surface area is 132 Å². The van der Waals surface area contributed by atoms with Gasteiger partial charge in [-0.1, -0.05) is 12.1 Å². The molecule has 2 N–H and O–H groups in total. The number of carbonyl (C=O) groups is 2. The number of hydrogen-bond acceptors (Lipinski definition) is 4. The van der Waals surface area contributed by atoms with Gasteiger partial charge in [0.05, 0.1) is 5.69 Å². The van der Waals surface area contributed by atoms with E-state index in [2.05, 4.69) is 15.6 Å². The van der Waals surface area contributed by atoms with Gasteiger partial charge in [0.2, 0.25) is 5.91 Å². The van der Waals surface area contributed by atoms with Crippen molar-refractivity contribution in [1.29, 1.82) is 0 Å². The predicted octanol–water partition coefficient (Wildman–Crippen LogP) is 2.73. The van der Waals surface area contributed by atoms with Gasteiger partial charge in [-0.05, 0) is 37.5 Å². The second-order valence-electron chi connectivity index (χ2n) is 5.44. The average Bonchev–Trinajstić information content (AvgIpc) is 3.29. The molecule has 1 aromatic heterocycles. The summed E-state index contributed by atoms with van der Waals surface area (Å²) in [6.45, 7) is 2.39. The molecule has 0 saturated heterocycles. The second-order valence-corrected chi connectivity index (χ2v) is 6.30. The third-order valence-corrected chi connectivity index (χ3v) is 4.35. The van der Waals surface area contributed by atoms with Crippen molar-refractivity contribution in [2.75, 3.05) is 5.32 Å². The van der Waals surface area contributed by atoms with E-state index in [0.29, 0.717) is 17.2 Å². The van der Waals surface area contributed by atoms with Gasteiger partial charge >= 0.3 is 0 Å². The average molecular weight is 315 g/mol. The van der Waals surface area contributed by atoms with Crippen molar-refractivity contribution in [3.05, 3.63) is 46.5 Å². The molecule has 1 aromatic carbocycles. The van der Waals surface area contributed by atoms with Crippen LogP contribution in [0.15, 0.2) is 29.6 Å². The Kier molecular flexibility index (Phi) is 4.20. The minimum Gasteiger partial charge on any atom is -0.352 e. The van der Waals surface area contributed by atoms with Crippen molar-refractivity contribution >= 4 is 28.3 Å². The zero-order chi connectivity index (χ0) is 15.5. The van der Waals surface area contributed by atoms with Crippen LogP contribution in [0.2, 0.25) is 0 Å². The molecule has 3 rings (SSSR count). The molecule has 1 aliphatic rings.